The van der Waals surface area contributed by atoms with Crippen LogP contribution in [0.5, 0.6) is 0 Å². The van der Waals surface area contributed by atoms with Gasteiger partial charge in [-0.3, -0.25) is 19.3 Å². The monoisotopic (exact) mass is 415 g/mol. The molecule has 2 saturated heterocycles. The Labute approximate surface area is 176 Å². The van der Waals surface area contributed by atoms with Gasteiger partial charge in [0.05, 0.1) is 0 Å². The average molecular weight is 415 g/mol. The topological polar surface area (TPSA) is 93.3 Å². The minimum Gasteiger partial charge on any atom is -0.368 e. The second-order valence-electron chi connectivity index (χ2n) is 7.59. The number of anilines is 1. The Morgan fingerprint density at radius 3 is 2.33 bits per heavy atom. The van der Waals surface area contributed by atoms with Crippen molar-refractivity contribution in [3.8, 4) is 0 Å². The van der Waals surface area contributed by atoms with Crippen LogP contribution >= 0.6 is 0 Å². The maximum absolute atomic E-state index is 12.4. The van der Waals surface area contributed by atoms with Gasteiger partial charge in [-0.2, -0.15) is 0 Å². The van der Waals surface area contributed by atoms with E-state index >= 15 is 0 Å². The number of benzene rings is 1. The van der Waals surface area contributed by atoms with Gasteiger partial charge in [0.1, 0.15) is 6.54 Å². The molecular weight excluding hydrogens is 386 g/mol. The van der Waals surface area contributed by atoms with E-state index in [-0.39, 0.29) is 49.7 Å². The molecule has 0 aliphatic carbocycles. The first kappa shape index (κ1) is 21.6. The standard InChI is InChI=1S/C21H29N5O4/c1-23-16-20(29)26(21(23)30)11-5-8-18(27)22-10-9-19(28)25-14-12-24(13-15-25)17-6-3-2-4-7-17/h2-4,6-7H,5,8-16H2,1H3,(H,22,27). The SMILES string of the molecule is CN1CC(=O)N(CCCC(=O)NCCC(=O)N2CCN(c3ccccc3)CC2)C1=O. The molecule has 162 valence electrons. The van der Waals surface area contributed by atoms with Crippen LogP contribution in [0.3, 0.4) is 0 Å². The lowest BCUT2D eigenvalue weighted by Gasteiger charge is -2.36. The van der Waals surface area contributed by atoms with Crippen molar-refractivity contribution in [1.82, 2.24) is 20.0 Å². The molecule has 1 N–H and O–H groups in total. The van der Waals surface area contributed by atoms with Gasteiger partial charge in [0, 0.05) is 64.8 Å². The molecule has 0 radical (unpaired) electrons. The highest BCUT2D eigenvalue weighted by molar-refractivity contribution is 6.01. The van der Waals surface area contributed by atoms with E-state index in [0.717, 1.165) is 13.1 Å². The van der Waals surface area contributed by atoms with Gasteiger partial charge in [-0.15, -0.1) is 0 Å². The van der Waals surface area contributed by atoms with E-state index in [1.165, 1.54) is 15.5 Å². The van der Waals surface area contributed by atoms with E-state index in [0.29, 0.717) is 26.1 Å². The summed E-state index contributed by atoms with van der Waals surface area (Å²) >= 11 is 0. The first-order chi connectivity index (χ1) is 14.5. The largest absolute Gasteiger partial charge is 0.368 e. The third-order valence-electron chi connectivity index (χ3n) is 5.43. The summed E-state index contributed by atoms with van der Waals surface area (Å²) in [6.07, 6.45) is 0.891. The quantitative estimate of drug-likeness (QED) is 0.625. The maximum Gasteiger partial charge on any atom is 0.326 e. The van der Waals surface area contributed by atoms with Crippen LogP contribution in [-0.4, -0.2) is 91.3 Å². The highest BCUT2D eigenvalue weighted by atomic mass is 16.2. The molecule has 0 spiro atoms. The van der Waals surface area contributed by atoms with Crippen LogP contribution in [0.15, 0.2) is 30.3 Å². The normalized spacial score (nSPS) is 17.0. The van der Waals surface area contributed by atoms with Gasteiger partial charge in [-0.05, 0) is 18.6 Å². The summed E-state index contributed by atoms with van der Waals surface area (Å²) in [6, 6.07) is 9.82. The zero-order valence-electron chi connectivity index (χ0n) is 17.4. The minimum atomic E-state index is -0.321. The van der Waals surface area contributed by atoms with Crippen LogP contribution in [0, 0.1) is 0 Å². The van der Waals surface area contributed by atoms with Crippen LogP contribution in [0.1, 0.15) is 19.3 Å². The molecular formula is C21H29N5O4. The Morgan fingerprint density at radius 1 is 1.00 bits per heavy atom. The van der Waals surface area contributed by atoms with Crippen LogP contribution < -0.4 is 10.2 Å². The fourth-order valence-electron chi connectivity index (χ4n) is 3.69. The minimum absolute atomic E-state index is 0.0410. The zero-order valence-corrected chi connectivity index (χ0v) is 17.4. The molecule has 2 fully saturated rings. The van der Waals surface area contributed by atoms with E-state index in [4.69, 9.17) is 0 Å². The lowest BCUT2D eigenvalue weighted by Crippen LogP contribution is -2.49. The van der Waals surface area contributed by atoms with Crippen molar-refractivity contribution in [1.29, 1.82) is 0 Å². The summed E-state index contributed by atoms with van der Waals surface area (Å²) in [5.41, 5.74) is 1.17. The number of amides is 5. The van der Waals surface area contributed by atoms with Crippen LogP contribution in [0.25, 0.3) is 0 Å². The second kappa shape index (κ2) is 10.1. The first-order valence-electron chi connectivity index (χ1n) is 10.4. The lowest BCUT2D eigenvalue weighted by atomic mass is 10.2. The van der Waals surface area contributed by atoms with E-state index in [1.807, 2.05) is 23.1 Å². The van der Waals surface area contributed by atoms with E-state index < -0.39 is 0 Å². The highest BCUT2D eigenvalue weighted by Gasteiger charge is 2.32. The molecule has 0 bridgehead atoms. The lowest BCUT2D eigenvalue weighted by molar-refractivity contribution is -0.131. The molecule has 1 aromatic carbocycles. The second-order valence-corrected chi connectivity index (χ2v) is 7.59. The summed E-state index contributed by atoms with van der Waals surface area (Å²) in [5.74, 6) is -0.371. The molecule has 3 rings (SSSR count). The fraction of sp³-hybridized carbons (Fsp3) is 0.524. The zero-order chi connectivity index (χ0) is 21.5. The Hall–Kier alpha value is -3.10. The number of para-hydroxylation sites is 1. The van der Waals surface area contributed by atoms with Crippen molar-refractivity contribution >= 4 is 29.4 Å². The summed E-state index contributed by atoms with van der Waals surface area (Å²) in [5, 5.41) is 2.75. The third-order valence-corrected chi connectivity index (χ3v) is 5.43. The fourth-order valence-corrected chi connectivity index (χ4v) is 3.69. The molecule has 0 atom stereocenters. The van der Waals surface area contributed by atoms with Gasteiger partial charge in [-0.1, -0.05) is 18.2 Å². The average Bonchev–Trinajstić information content (AvgIpc) is 3.00. The van der Waals surface area contributed by atoms with Crippen molar-refractivity contribution in [3.63, 3.8) is 0 Å². The van der Waals surface area contributed by atoms with E-state index in [9.17, 15) is 19.2 Å². The number of nitrogens with one attached hydrogen (secondary N) is 1. The van der Waals surface area contributed by atoms with Crippen molar-refractivity contribution in [2.45, 2.75) is 19.3 Å². The van der Waals surface area contributed by atoms with E-state index in [1.54, 1.807) is 7.05 Å². The summed E-state index contributed by atoms with van der Waals surface area (Å²) in [7, 11) is 1.57. The molecule has 0 saturated carbocycles. The maximum atomic E-state index is 12.4. The predicted octanol–water partition coefficient (Wildman–Crippen LogP) is 0.516. The van der Waals surface area contributed by atoms with Gasteiger partial charge in [0.25, 0.3) is 0 Å². The number of rotatable bonds is 8. The number of likely N-dealkylation sites (N-methyl/N-ethyl adjacent to an activating group) is 1. The van der Waals surface area contributed by atoms with Crippen molar-refractivity contribution < 1.29 is 19.2 Å². The molecule has 2 aliphatic heterocycles. The van der Waals surface area contributed by atoms with Crippen molar-refractivity contribution in [2.24, 2.45) is 0 Å². The van der Waals surface area contributed by atoms with Gasteiger partial charge in [0.15, 0.2) is 0 Å². The Bertz CT molecular complexity index is 777. The molecule has 0 unspecified atom stereocenters. The van der Waals surface area contributed by atoms with Crippen LogP contribution in [-0.2, 0) is 14.4 Å². The number of imide groups is 1. The summed E-state index contributed by atoms with van der Waals surface area (Å²) in [6.45, 7) is 3.56. The van der Waals surface area contributed by atoms with Gasteiger partial charge < -0.3 is 20.0 Å². The number of carbonyl (C=O) groups excluding carboxylic acids is 4. The van der Waals surface area contributed by atoms with Gasteiger partial charge >= 0.3 is 6.03 Å². The molecule has 1 aromatic rings. The van der Waals surface area contributed by atoms with Crippen molar-refractivity contribution in [3.05, 3.63) is 30.3 Å². The number of piperazine rings is 1. The van der Waals surface area contributed by atoms with Crippen LogP contribution in [0.4, 0.5) is 10.5 Å². The number of urea groups is 1. The van der Waals surface area contributed by atoms with E-state index in [2.05, 4.69) is 22.3 Å². The molecule has 9 nitrogen and oxygen atoms in total. The third kappa shape index (κ3) is 5.49. The molecule has 0 aromatic heterocycles. The molecule has 9 heteroatoms. The van der Waals surface area contributed by atoms with Gasteiger partial charge in [-0.25, -0.2) is 4.79 Å². The number of hydrogen-bond acceptors (Lipinski definition) is 5. The summed E-state index contributed by atoms with van der Waals surface area (Å²) < 4.78 is 0. The van der Waals surface area contributed by atoms with Crippen molar-refractivity contribution in [2.75, 3.05) is 57.8 Å². The predicted molar refractivity (Wildman–Crippen MR) is 112 cm³/mol. The Kier molecular flexibility index (Phi) is 7.26. The summed E-state index contributed by atoms with van der Waals surface area (Å²) in [4.78, 5) is 54.4. The Balaban J connectivity index is 1.29. The number of nitrogens with zero attached hydrogens (tertiary/aromatic N) is 4. The highest BCUT2D eigenvalue weighted by Crippen LogP contribution is 2.15. The number of hydrogen-bond donors (Lipinski definition) is 1. The number of carbonyl (C=O) groups is 4. The Morgan fingerprint density at radius 2 is 1.70 bits per heavy atom. The smallest absolute Gasteiger partial charge is 0.326 e. The molecule has 5 amide bonds. The molecule has 30 heavy (non-hydrogen) atoms. The molecule has 2 aliphatic rings. The molecule has 2 heterocycles. The van der Waals surface area contributed by atoms with Crippen LogP contribution in [0.2, 0.25) is 0 Å². The van der Waals surface area contributed by atoms with Gasteiger partial charge in [0.2, 0.25) is 17.7 Å². The first-order valence-corrected chi connectivity index (χ1v) is 10.4.